The van der Waals surface area contributed by atoms with Crippen molar-refractivity contribution in [2.24, 2.45) is 0 Å². The van der Waals surface area contributed by atoms with Gasteiger partial charge in [-0.25, -0.2) is 0 Å². The highest BCUT2D eigenvalue weighted by Crippen LogP contribution is 2.19. The van der Waals surface area contributed by atoms with Gasteiger partial charge in [0.15, 0.2) is 0 Å². The molecule has 0 bridgehead atoms. The van der Waals surface area contributed by atoms with Gasteiger partial charge in [0.05, 0.1) is 11.8 Å². The Labute approximate surface area is 83.2 Å². The third-order valence-electron chi connectivity index (χ3n) is 2.61. The number of carbonyl (C=O) groups is 1. The van der Waals surface area contributed by atoms with Crippen LogP contribution >= 0.6 is 11.8 Å². The van der Waals surface area contributed by atoms with Gasteiger partial charge in [-0.1, -0.05) is 0 Å². The van der Waals surface area contributed by atoms with Crippen LogP contribution in [0.5, 0.6) is 0 Å². The Morgan fingerprint density at radius 3 is 2.85 bits per heavy atom. The van der Waals surface area contributed by atoms with Gasteiger partial charge in [0.2, 0.25) is 5.91 Å². The molecule has 1 atom stereocenters. The lowest BCUT2D eigenvalue weighted by atomic mass is 10.3. The van der Waals surface area contributed by atoms with Crippen LogP contribution in [-0.4, -0.2) is 41.6 Å². The summed E-state index contributed by atoms with van der Waals surface area (Å²) in [6.07, 6.45) is 3.07. The Balaban J connectivity index is 1.76. The van der Waals surface area contributed by atoms with Gasteiger partial charge >= 0.3 is 0 Å². The van der Waals surface area contributed by atoms with E-state index in [2.05, 4.69) is 5.32 Å². The fourth-order valence-electron chi connectivity index (χ4n) is 1.87. The number of amides is 1. The van der Waals surface area contributed by atoms with E-state index in [1.165, 1.54) is 12.8 Å². The molecule has 1 unspecified atom stereocenters. The molecule has 2 fully saturated rings. The van der Waals surface area contributed by atoms with Crippen molar-refractivity contribution in [3.8, 4) is 0 Å². The molecule has 2 rings (SSSR count). The van der Waals surface area contributed by atoms with Crippen molar-refractivity contribution in [3.63, 3.8) is 0 Å². The first-order valence-electron chi connectivity index (χ1n) is 4.99. The van der Waals surface area contributed by atoms with Gasteiger partial charge < -0.3 is 10.2 Å². The van der Waals surface area contributed by atoms with Crippen molar-refractivity contribution < 1.29 is 4.79 Å². The molecule has 1 N–H and O–H groups in total. The highest BCUT2D eigenvalue weighted by atomic mass is 32.2. The van der Waals surface area contributed by atoms with Crippen LogP contribution in [0.15, 0.2) is 0 Å². The predicted octanol–water partition coefficient (Wildman–Crippen LogP) is 0.661. The molecule has 0 aromatic carbocycles. The lowest BCUT2D eigenvalue weighted by Gasteiger charge is -2.17. The molecule has 13 heavy (non-hydrogen) atoms. The molecule has 0 radical (unpaired) electrons. The molecule has 74 valence electrons. The summed E-state index contributed by atoms with van der Waals surface area (Å²) in [6.45, 7) is 3.02. The molecule has 1 amide bonds. The number of nitrogens with one attached hydrogen (secondary N) is 1. The smallest absolute Gasteiger partial charge is 0.225 e. The second kappa shape index (κ2) is 4.33. The number of likely N-dealkylation sites (tertiary alicyclic amines) is 1. The normalized spacial score (nSPS) is 28.3. The molecule has 0 spiro atoms. The fourth-order valence-corrected chi connectivity index (χ4v) is 2.88. The van der Waals surface area contributed by atoms with Crippen LogP contribution in [0.4, 0.5) is 0 Å². The molecule has 2 aliphatic rings. The summed E-state index contributed by atoms with van der Waals surface area (Å²) < 4.78 is 0. The lowest BCUT2D eigenvalue weighted by Crippen LogP contribution is -2.33. The standard InChI is InChI=1S/C9H16N2OS/c12-9(11-4-1-2-5-11)7-8-10-3-6-13-8/h8,10H,1-7H2. The summed E-state index contributed by atoms with van der Waals surface area (Å²) in [6, 6.07) is 0. The molecule has 0 aliphatic carbocycles. The predicted molar refractivity (Wildman–Crippen MR) is 54.7 cm³/mol. The van der Waals surface area contributed by atoms with Crippen molar-refractivity contribution in [1.29, 1.82) is 0 Å². The first-order chi connectivity index (χ1) is 6.36. The summed E-state index contributed by atoms with van der Waals surface area (Å²) in [5, 5.41) is 3.71. The van der Waals surface area contributed by atoms with Crippen molar-refractivity contribution in [2.75, 3.05) is 25.4 Å². The van der Waals surface area contributed by atoms with E-state index in [9.17, 15) is 4.79 Å². The number of nitrogens with zero attached hydrogens (tertiary/aromatic N) is 1. The highest BCUT2D eigenvalue weighted by molar-refractivity contribution is 8.00. The number of hydrogen-bond donors (Lipinski definition) is 1. The van der Waals surface area contributed by atoms with E-state index in [0.29, 0.717) is 17.7 Å². The summed E-state index contributed by atoms with van der Waals surface area (Å²) in [4.78, 5) is 13.7. The fraction of sp³-hybridized carbons (Fsp3) is 0.889. The molecule has 0 aromatic heterocycles. The highest BCUT2D eigenvalue weighted by Gasteiger charge is 2.23. The number of carbonyl (C=O) groups excluding carboxylic acids is 1. The Hall–Kier alpha value is -0.220. The molecule has 0 saturated carbocycles. The molecule has 2 heterocycles. The second-order valence-electron chi connectivity index (χ2n) is 3.61. The van der Waals surface area contributed by atoms with Gasteiger partial charge in [-0.15, -0.1) is 11.8 Å². The monoisotopic (exact) mass is 200 g/mol. The number of rotatable bonds is 2. The van der Waals surface area contributed by atoms with Crippen LogP contribution < -0.4 is 5.32 Å². The van der Waals surface area contributed by atoms with Crippen LogP contribution in [0.25, 0.3) is 0 Å². The molecule has 2 saturated heterocycles. The van der Waals surface area contributed by atoms with E-state index < -0.39 is 0 Å². The maximum Gasteiger partial charge on any atom is 0.225 e. The Kier molecular flexibility index (Phi) is 3.11. The van der Waals surface area contributed by atoms with E-state index in [1.54, 1.807) is 0 Å². The molecule has 3 nitrogen and oxygen atoms in total. The van der Waals surface area contributed by atoms with E-state index >= 15 is 0 Å². The minimum Gasteiger partial charge on any atom is -0.343 e. The van der Waals surface area contributed by atoms with E-state index in [1.807, 2.05) is 16.7 Å². The molecular weight excluding hydrogens is 184 g/mol. The summed E-state index contributed by atoms with van der Waals surface area (Å²) in [5.74, 6) is 1.49. The minimum atomic E-state index is 0.337. The van der Waals surface area contributed by atoms with Crippen molar-refractivity contribution in [2.45, 2.75) is 24.6 Å². The maximum atomic E-state index is 11.7. The van der Waals surface area contributed by atoms with E-state index in [-0.39, 0.29) is 0 Å². The van der Waals surface area contributed by atoms with Crippen molar-refractivity contribution in [3.05, 3.63) is 0 Å². The third kappa shape index (κ3) is 2.38. The Morgan fingerprint density at radius 2 is 2.23 bits per heavy atom. The third-order valence-corrected chi connectivity index (χ3v) is 3.79. The van der Waals surface area contributed by atoms with Crippen molar-refractivity contribution >= 4 is 17.7 Å². The Morgan fingerprint density at radius 1 is 1.46 bits per heavy atom. The maximum absolute atomic E-state index is 11.7. The van der Waals surface area contributed by atoms with Crippen LogP contribution in [0.1, 0.15) is 19.3 Å². The molecule has 2 aliphatic heterocycles. The lowest BCUT2D eigenvalue weighted by molar-refractivity contribution is -0.130. The van der Waals surface area contributed by atoms with Gasteiger partial charge in [-0.3, -0.25) is 4.79 Å². The Bertz CT molecular complexity index is 186. The van der Waals surface area contributed by atoms with Crippen LogP contribution in [0.3, 0.4) is 0 Å². The average Bonchev–Trinajstić information content (AvgIpc) is 2.74. The zero-order valence-electron chi connectivity index (χ0n) is 7.79. The van der Waals surface area contributed by atoms with E-state index in [0.717, 1.165) is 25.4 Å². The summed E-state index contributed by atoms with van der Waals surface area (Å²) in [7, 11) is 0. The van der Waals surface area contributed by atoms with Crippen molar-refractivity contribution in [1.82, 2.24) is 10.2 Å². The van der Waals surface area contributed by atoms with Crippen LogP contribution in [0, 0.1) is 0 Å². The topological polar surface area (TPSA) is 32.3 Å². The van der Waals surface area contributed by atoms with Gasteiger partial charge in [0.25, 0.3) is 0 Å². The molecule has 4 heteroatoms. The first kappa shape index (κ1) is 9.34. The largest absolute Gasteiger partial charge is 0.343 e. The van der Waals surface area contributed by atoms with E-state index in [4.69, 9.17) is 0 Å². The SMILES string of the molecule is O=C(CC1NCCS1)N1CCCC1. The number of hydrogen-bond acceptors (Lipinski definition) is 3. The average molecular weight is 200 g/mol. The summed E-state index contributed by atoms with van der Waals surface area (Å²) in [5.41, 5.74) is 0. The van der Waals surface area contributed by atoms with Crippen LogP contribution in [-0.2, 0) is 4.79 Å². The zero-order valence-corrected chi connectivity index (χ0v) is 8.61. The van der Waals surface area contributed by atoms with Gasteiger partial charge in [0, 0.05) is 25.4 Å². The van der Waals surface area contributed by atoms with Gasteiger partial charge in [-0.2, -0.15) is 0 Å². The first-order valence-corrected chi connectivity index (χ1v) is 6.04. The zero-order chi connectivity index (χ0) is 9.10. The molecule has 0 aromatic rings. The quantitative estimate of drug-likeness (QED) is 0.711. The summed E-state index contributed by atoms with van der Waals surface area (Å²) >= 11 is 1.87. The van der Waals surface area contributed by atoms with Gasteiger partial charge in [-0.05, 0) is 12.8 Å². The van der Waals surface area contributed by atoms with Gasteiger partial charge in [0.1, 0.15) is 0 Å². The second-order valence-corrected chi connectivity index (χ2v) is 4.92. The molecular formula is C9H16N2OS. The van der Waals surface area contributed by atoms with Crippen LogP contribution in [0.2, 0.25) is 0 Å². The number of thioether (sulfide) groups is 1. The minimum absolute atomic E-state index is 0.337.